The van der Waals surface area contributed by atoms with Gasteiger partial charge in [0, 0.05) is 19.1 Å². The van der Waals surface area contributed by atoms with Crippen molar-refractivity contribution in [2.45, 2.75) is 45.1 Å². The number of nitrogens with one attached hydrogen (secondary N) is 1. The summed E-state index contributed by atoms with van der Waals surface area (Å²) in [6.07, 6.45) is 7.00. The molecule has 2 unspecified atom stereocenters. The number of rotatable bonds is 4. The van der Waals surface area contributed by atoms with E-state index in [9.17, 15) is 0 Å². The monoisotopic (exact) mass is 196 g/mol. The summed E-state index contributed by atoms with van der Waals surface area (Å²) in [4.78, 5) is 2.67. The van der Waals surface area contributed by atoms with Gasteiger partial charge in [-0.2, -0.15) is 0 Å². The fourth-order valence-electron chi connectivity index (χ4n) is 2.90. The number of hydrogen-bond acceptors (Lipinski definition) is 2. The summed E-state index contributed by atoms with van der Waals surface area (Å²) >= 11 is 0. The lowest BCUT2D eigenvalue weighted by atomic mass is 9.94. The van der Waals surface area contributed by atoms with E-state index in [1.54, 1.807) is 0 Å². The summed E-state index contributed by atoms with van der Waals surface area (Å²) in [5.41, 5.74) is 0. The van der Waals surface area contributed by atoms with Crippen molar-refractivity contribution in [1.29, 1.82) is 0 Å². The third-order valence-electron chi connectivity index (χ3n) is 3.75. The molecule has 0 saturated carbocycles. The van der Waals surface area contributed by atoms with E-state index in [0.717, 1.165) is 12.0 Å². The van der Waals surface area contributed by atoms with E-state index in [-0.39, 0.29) is 0 Å². The van der Waals surface area contributed by atoms with Crippen molar-refractivity contribution in [3.8, 4) is 0 Å². The smallest absolute Gasteiger partial charge is 0.0235 e. The molecule has 0 spiro atoms. The van der Waals surface area contributed by atoms with Gasteiger partial charge >= 0.3 is 0 Å². The molecular weight excluding hydrogens is 172 g/mol. The SMILES string of the molecule is CCCCCN1CC2CCCNC2C1. The second-order valence-corrected chi connectivity index (χ2v) is 4.93. The predicted octanol–water partition coefficient (Wildman–Crippen LogP) is 1.86. The summed E-state index contributed by atoms with van der Waals surface area (Å²) in [5.74, 6) is 0.963. The van der Waals surface area contributed by atoms with Crippen LogP contribution in [0, 0.1) is 5.92 Å². The molecule has 0 bridgehead atoms. The number of likely N-dealkylation sites (tertiary alicyclic amines) is 1. The Morgan fingerprint density at radius 2 is 2.21 bits per heavy atom. The van der Waals surface area contributed by atoms with Crippen LogP contribution in [0.2, 0.25) is 0 Å². The third-order valence-corrected chi connectivity index (χ3v) is 3.75. The lowest BCUT2D eigenvalue weighted by molar-refractivity contribution is 0.312. The highest BCUT2D eigenvalue weighted by Crippen LogP contribution is 2.24. The highest BCUT2D eigenvalue weighted by Gasteiger charge is 2.33. The largest absolute Gasteiger partial charge is 0.312 e. The molecular formula is C12H24N2. The van der Waals surface area contributed by atoms with Crippen molar-refractivity contribution >= 4 is 0 Å². The van der Waals surface area contributed by atoms with Crippen molar-refractivity contribution in [2.75, 3.05) is 26.2 Å². The molecule has 2 heteroatoms. The molecule has 1 N–H and O–H groups in total. The average Bonchev–Trinajstić information content (AvgIpc) is 2.60. The van der Waals surface area contributed by atoms with Crippen molar-refractivity contribution in [3.05, 3.63) is 0 Å². The van der Waals surface area contributed by atoms with Gasteiger partial charge in [-0.3, -0.25) is 0 Å². The Morgan fingerprint density at radius 3 is 3.00 bits per heavy atom. The standard InChI is InChI=1S/C12H24N2/c1-2-3-4-8-14-9-11-6-5-7-13-12(11)10-14/h11-13H,2-10H2,1H3. The molecule has 0 aromatic carbocycles. The summed E-state index contributed by atoms with van der Waals surface area (Å²) in [6.45, 7) is 7.55. The predicted molar refractivity (Wildman–Crippen MR) is 60.5 cm³/mol. The summed E-state index contributed by atoms with van der Waals surface area (Å²) in [6, 6.07) is 0.824. The average molecular weight is 196 g/mol. The van der Waals surface area contributed by atoms with E-state index in [1.807, 2.05) is 0 Å². The van der Waals surface area contributed by atoms with Gasteiger partial charge in [0.15, 0.2) is 0 Å². The van der Waals surface area contributed by atoms with E-state index in [0.29, 0.717) is 0 Å². The minimum absolute atomic E-state index is 0.824. The van der Waals surface area contributed by atoms with Crippen LogP contribution in [-0.2, 0) is 0 Å². The van der Waals surface area contributed by atoms with Crippen LogP contribution >= 0.6 is 0 Å². The zero-order chi connectivity index (χ0) is 9.80. The molecule has 82 valence electrons. The van der Waals surface area contributed by atoms with Crippen molar-refractivity contribution < 1.29 is 0 Å². The maximum Gasteiger partial charge on any atom is 0.0235 e. The number of fused-ring (bicyclic) bond motifs is 1. The lowest BCUT2D eigenvalue weighted by Gasteiger charge is -2.24. The molecule has 2 nitrogen and oxygen atoms in total. The fraction of sp³-hybridized carbons (Fsp3) is 1.00. The van der Waals surface area contributed by atoms with Gasteiger partial charge in [0.05, 0.1) is 0 Å². The summed E-state index contributed by atoms with van der Waals surface area (Å²) in [5, 5.41) is 3.66. The van der Waals surface area contributed by atoms with Crippen LogP contribution in [0.5, 0.6) is 0 Å². The van der Waals surface area contributed by atoms with Crippen molar-refractivity contribution in [1.82, 2.24) is 10.2 Å². The normalized spacial score (nSPS) is 33.2. The number of unbranched alkanes of at least 4 members (excludes halogenated alkanes) is 2. The van der Waals surface area contributed by atoms with Crippen LogP contribution in [0.15, 0.2) is 0 Å². The van der Waals surface area contributed by atoms with E-state index < -0.39 is 0 Å². The van der Waals surface area contributed by atoms with Gasteiger partial charge in [-0.1, -0.05) is 19.8 Å². The van der Waals surface area contributed by atoms with Crippen molar-refractivity contribution in [2.24, 2.45) is 5.92 Å². The van der Waals surface area contributed by atoms with Gasteiger partial charge in [0.2, 0.25) is 0 Å². The maximum absolute atomic E-state index is 3.66. The Hall–Kier alpha value is -0.0800. The minimum atomic E-state index is 0.824. The molecule has 14 heavy (non-hydrogen) atoms. The molecule has 2 heterocycles. The van der Waals surface area contributed by atoms with Crippen molar-refractivity contribution in [3.63, 3.8) is 0 Å². The minimum Gasteiger partial charge on any atom is -0.312 e. The maximum atomic E-state index is 3.66. The van der Waals surface area contributed by atoms with Gasteiger partial charge < -0.3 is 10.2 Å². The molecule has 2 aliphatic heterocycles. The highest BCUT2D eigenvalue weighted by molar-refractivity contribution is 4.91. The molecule has 2 aliphatic rings. The second kappa shape index (κ2) is 5.13. The number of nitrogens with zero attached hydrogens (tertiary/aromatic N) is 1. The van der Waals surface area contributed by atoms with Crippen LogP contribution < -0.4 is 5.32 Å². The number of hydrogen-bond donors (Lipinski definition) is 1. The molecule has 0 aromatic heterocycles. The first-order valence-corrected chi connectivity index (χ1v) is 6.36. The van der Waals surface area contributed by atoms with E-state index >= 15 is 0 Å². The van der Waals surface area contributed by atoms with E-state index in [2.05, 4.69) is 17.1 Å². The quantitative estimate of drug-likeness (QED) is 0.690. The molecule has 2 rings (SSSR count). The first-order valence-electron chi connectivity index (χ1n) is 6.36. The summed E-state index contributed by atoms with van der Waals surface area (Å²) < 4.78 is 0. The Kier molecular flexibility index (Phi) is 3.82. The Bertz CT molecular complexity index is 156. The molecule has 0 amide bonds. The molecule has 2 fully saturated rings. The Morgan fingerprint density at radius 1 is 1.29 bits per heavy atom. The fourth-order valence-corrected chi connectivity index (χ4v) is 2.90. The first-order chi connectivity index (χ1) is 6.90. The van der Waals surface area contributed by atoms with Gasteiger partial charge in [0.1, 0.15) is 0 Å². The zero-order valence-electron chi connectivity index (χ0n) is 9.47. The Labute approximate surface area is 88.1 Å². The lowest BCUT2D eigenvalue weighted by Crippen LogP contribution is -2.40. The molecule has 2 atom stereocenters. The third kappa shape index (κ3) is 2.48. The van der Waals surface area contributed by atoms with Gasteiger partial charge in [-0.05, 0) is 38.3 Å². The highest BCUT2D eigenvalue weighted by atomic mass is 15.2. The zero-order valence-corrected chi connectivity index (χ0v) is 9.47. The number of piperidine rings is 1. The summed E-state index contributed by atoms with van der Waals surface area (Å²) in [7, 11) is 0. The van der Waals surface area contributed by atoms with Crippen LogP contribution in [0.25, 0.3) is 0 Å². The second-order valence-electron chi connectivity index (χ2n) is 4.93. The van der Waals surface area contributed by atoms with Gasteiger partial charge in [0.25, 0.3) is 0 Å². The van der Waals surface area contributed by atoms with Crippen LogP contribution in [0.3, 0.4) is 0 Å². The van der Waals surface area contributed by atoms with Crippen LogP contribution in [-0.4, -0.2) is 37.1 Å². The van der Waals surface area contributed by atoms with Gasteiger partial charge in [-0.25, -0.2) is 0 Å². The van der Waals surface area contributed by atoms with Crippen LogP contribution in [0.1, 0.15) is 39.0 Å². The van der Waals surface area contributed by atoms with Gasteiger partial charge in [-0.15, -0.1) is 0 Å². The Balaban J connectivity index is 1.70. The molecule has 0 radical (unpaired) electrons. The molecule has 0 aromatic rings. The van der Waals surface area contributed by atoms with E-state index in [4.69, 9.17) is 0 Å². The topological polar surface area (TPSA) is 15.3 Å². The van der Waals surface area contributed by atoms with E-state index in [1.165, 1.54) is 58.3 Å². The molecule has 2 saturated heterocycles. The van der Waals surface area contributed by atoms with Crippen LogP contribution in [0.4, 0.5) is 0 Å². The first kappa shape index (κ1) is 10.4. The molecule has 0 aliphatic carbocycles.